The predicted molar refractivity (Wildman–Crippen MR) is 143 cm³/mol. The normalized spacial score (nSPS) is 14.5. The molecule has 0 spiro atoms. The molecular formula is C29H36FN3O4. The van der Waals surface area contributed by atoms with Crippen LogP contribution in [0.1, 0.15) is 61.5 Å². The fraction of sp³-hybridized carbons (Fsp3) is 0.414. The van der Waals surface area contributed by atoms with E-state index >= 15 is 0 Å². The van der Waals surface area contributed by atoms with E-state index in [1.54, 1.807) is 44.3 Å². The molecule has 0 aliphatic carbocycles. The highest BCUT2D eigenvalue weighted by Gasteiger charge is 2.24. The van der Waals surface area contributed by atoms with Gasteiger partial charge < -0.3 is 25.3 Å². The molecule has 37 heavy (non-hydrogen) atoms. The average molecular weight is 510 g/mol. The molecule has 198 valence electrons. The molecule has 8 heteroatoms. The largest absolute Gasteiger partial charge is 0.493 e. The third kappa shape index (κ3) is 7.10. The van der Waals surface area contributed by atoms with Crippen LogP contribution in [0.25, 0.3) is 10.9 Å². The van der Waals surface area contributed by atoms with Crippen molar-refractivity contribution in [1.29, 1.82) is 0 Å². The van der Waals surface area contributed by atoms with Crippen molar-refractivity contribution in [3.05, 3.63) is 65.1 Å². The summed E-state index contributed by atoms with van der Waals surface area (Å²) in [6.45, 7) is 8.28. The summed E-state index contributed by atoms with van der Waals surface area (Å²) < 4.78 is 19.6. The second kappa shape index (κ2) is 12.7. The summed E-state index contributed by atoms with van der Waals surface area (Å²) in [6.07, 6.45) is 0.784. The number of aromatic amines is 1. The van der Waals surface area contributed by atoms with E-state index in [1.807, 2.05) is 25.8 Å². The number of nitrogens with zero attached hydrogens (tertiary/aromatic N) is 1. The lowest BCUT2D eigenvalue weighted by molar-refractivity contribution is 0.0724. The summed E-state index contributed by atoms with van der Waals surface area (Å²) in [5, 5.41) is 23.9. The number of H-pyrrole nitrogens is 1. The van der Waals surface area contributed by atoms with Crippen LogP contribution in [0.2, 0.25) is 0 Å². The first-order chi connectivity index (χ1) is 17.6. The highest BCUT2D eigenvalue weighted by molar-refractivity contribution is 5.97. The van der Waals surface area contributed by atoms with Crippen molar-refractivity contribution in [2.75, 3.05) is 20.2 Å². The molecule has 0 radical (unpaired) electrons. The van der Waals surface area contributed by atoms with Gasteiger partial charge in [-0.25, -0.2) is 4.39 Å². The van der Waals surface area contributed by atoms with E-state index < -0.39 is 24.2 Å². The van der Waals surface area contributed by atoms with Crippen LogP contribution in [0.4, 0.5) is 4.39 Å². The summed E-state index contributed by atoms with van der Waals surface area (Å²) in [7, 11) is 1.89. The highest BCUT2D eigenvalue weighted by atomic mass is 19.1. The van der Waals surface area contributed by atoms with Crippen LogP contribution in [0, 0.1) is 17.7 Å². The Morgan fingerprint density at radius 3 is 2.65 bits per heavy atom. The molecule has 0 aliphatic heterocycles. The number of benzene rings is 2. The third-order valence-corrected chi connectivity index (χ3v) is 6.56. The topological polar surface area (TPSA) is 97.8 Å². The van der Waals surface area contributed by atoms with Crippen molar-refractivity contribution in [3.63, 3.8) is 0 Å². The number of ether oxygens (including phenoxy) is 1. The minimum absolute atomic E-state index is 0.0439. The summed E-state index contributed by atoms with van der Waals surface area (Å²) in [5.41, 5.74) is 2.33. The fourth-order valence-electron chi connectivity index (χ4n) is 3.90. The van der Waals surface area contributed by atoms with E-state index in [0.29, 0.717) is 35.4 Å². The van der Waals surface area contributed by atoms with E-state index in [-0.39, 0.29) is 17.4 Å². The van der Waals surface area contributed by atoms with Crippen molar-refractivity contribution in [3.8, 4) is 17.6 Å². The summed E-state index contributed by atoms with van der Waals surface area (Å²) in [5.74, 6) is 5.16. The number of aromatic nitrogens is 1. The third-order valence-electron chi connectivity index (χ3n) is 6.56. The van der Waals surface area contributed by atoms with Crippen LogP contribution < -0.4 is 10.1 Å². The van der Waals surface area contributed by atoms with Crippen LogP contribution in [-0.4, -0.2) is 64.6 Å². The van der Waals surface area contributed by atoms with Gasteiger partial charge in [-0.1, -0.05) is 25.7 Å². The summed E-state index contributed by atoms with van der Waals surface area (Å²) in [6, 6.07) is 9.50. The van der Waals surface area contributed by atoms with Gasteiger partial charge in [-0.2, -0.15) is 0 Å². The molecule has 0 bridgehead atoms. The number of carbonyl (C=O) groups is 1. The maximum atomic E-state index is 13.8. The monoisotopic (exact) mass is 509 g/mol. The Bertz CT molecular complexity index is 1280. The Morgan fingerprint density at radius 2 is 1.95 bits per heavy atom. The van der Waals surface area contributed by atoms with Crippen molar-refractivity contribution >= 4 is 16.8 Å². The van der Waals surface area contributed by atoms with Gasteiger partial charge in [0.15, 0.2) is 0 Å². The van der Waals surface area contributed by atoms with Gasteiger partial charge in [0.2, 0.25) is 0 Å². The smallest absolute Gasteiger partial charge is 0.257 e. The van der Waals surface area contributed by atoms with Crippen molar-refractivity contribution in [1.82, 2.24) is 15.2 Å². The van der Waals surface area contributed by atoms with Gasteiger partial charge in [-0.05, 0) is 69.3 Å². The van der Waals surface area contributed by atoms with E-state index in [4.69, 9.17) is 4.74 Å². The Labute approximate surface area is 217 Å². The Balaban J connectivity index is 1.79. The number of hydrogen-bond donors (Lipinski definition) is 4. The van der Waals surface area contributed by atoms with Gasteiger partial charge in [0, 0.05) is 34.6 Å². The van der Waals surface area contributed by atoms with Crippen molar-refractivity contribution < 1.29 is 24.1 Å². The Hall–Kier alpha value is -3.38. The van der Waals surface area contributed by atoms with Gasteiger partial charge in [0.05, 0.1) is 24.8 Å². The average Bonchev–Trinajstić information content (AvgIpc) is 3.29. The van der Waals surface area contributed by atoms with Crippen LogP contribution in [0.15, 0.2) is 42.6 Å². The lowest BCUT2D eigenvalue weighted by Crippen LogP contribution is -2.38. The first-order valence-electron chi connectivity index (χ1n) is 12.5. The number of aliphatic hydroxyl groups excluding tert-OH is 2. The van der Waals surface area contributed by atoms with E-state index in [2.05, 4.69) is 22.1 Å². The number of nitrogens with one attached hydrogen (secondary N) is 2. The zero-order valence-electron chi connectivity index (χ0n) is 22.0. The van der Waals surface area contributed by atoms with Gasteiger partial charge in [0.1, 0.15) is 17.8 Å². The van der Waals surface area contributed by atoms with Crippen LogP contribution in [0.5, 0.6) is 5.75 Å². The number of carbonyl (C=O) groups excluding carboxylic acids is 1. The van der Waals surface area contributed by atoms with Gasteiger partial charge in [-0.3, -0.25) is 9.69 Å². The number of halogens is 1. The minimum Gasteiger partial charge on any atom is -0.493 e. The fourth-order valence-corrected chi connectivity index (χ4v) is 3.90. The van der Waals surface area contributed by atoms with E-state index in [9.17, 15) is 19.4 Å². The SMILES string of the molecule is CCCOc1ccc(C#CCN(C)[C@H](C)[C@@H](C)O)cc1C(=O)NC(O)C(C)c1c[nH]c2ccc(F)cc12. The molecule has 2 unspecified atom stereocenters. The molecule has 7 nitrogen and oxygen atoms in total. The number of fused-ring (bicyclic) bond motifs is 1. The van der Waals surface area contributed by atoms with Crippen LogP contribution in [-0.2, 0) is 0 Å². The zero-order valence-corrected chi connectivity index (χ0v) is 22.0. The van der Waals surface area contributed by atoms with E-state index in [1.165, 1.54) is 12.1 Å². The van der Waals surface area contributed by atoms with Crippen molar-refractivity contribution in [2.45, 2.75) is 58.4 Å². The summed E-state index contributed by atoms with van der Waals surface area (Å²) >= 11 is 0. The van der Waals surface area contributed by atoms with Crippen LogP contribution in [0.3, 0.4) is 0 Å². The van der Waals surface area contributed by atoms with Crippen LogP contribution >= 0.6 is 0 Å². The highest BCUT2D eigenvalue weighted by Crippen LogP contribution is 2.28. The maximum absolute atomic E-state index is 13.8. The maximum Gasteiger partial charge on any atom is 0.257 e. The molecule has 1 aromatic heterocycles. The Morgan fingerprint density at radius 1 is 1.19 bits per heavy atom. The molecule has 0 saturated heterocycles. The lowest BCUT2D eigenvalue weighted by Gasteiger charge is -2.24. The number of rotatable bonds is 10. The van der Waals surface area contributed by atoms with Gasteiger partial charge >= 0.3 is 0 Å². The molecule has 1 amide bonds. The molecule has 0 fully saturated rings. The second-order valence-corrected chi connectivity index (χ2v) is 9.40. The minimum atomic E-state index is -1.22. The summed E-state index contributed by atoms with van der Waals surface area (Å²) in [4.78, 5) is 18.2. The molecular weight excluding hydrogens is 473 g/mol. The molecule has 0 saturated carbocycles. The number of amides is 1. The first-order valence-corrected chi connectivity index (χ1v) is 12.5. The quantitative estimate of drug-likeness (QED) is 0.245. The van der Waals surface area contributed by atoms with E-state index in [0.717, 1.165) is 11.9 Å². The standard InChI is InChI=1S/C29H36FN3O4/c1-6-14-37-27-12-9-21(8-7-13-33(5)19(3)20(4)34)15-24(27)29(36)32-28(35)18(2)25-17-31-26-11-10-22(30)16-23(25)26/h9-12,15-20,28,31,34-35H,6,13-14H2,1-5H3,(H,32,36)/t18?,19-,20-,28?/m1/s1. The molecule has 3 aromatic rings. The molecule has 3 rings (SSSR count). The first kappa shape index (κ1) is 28.2. The lowest BCUT2D eigenvalue weighted by atomic mass is 9.98. The number of hydrogen-bond acceptors (Lipinski definition) is 5. The molecule has 1 heterocycles. The van der Waals surface area contributed by atoms with Gasteiger partial charge in [0.25, 0.3) is 5.91 Å². The molecule has 0 aliphatic rings. The molecule has 2 aromatic carbocycles. The predicted octanol–water partition coefficient (Wildman–Crippen LogP) is 4.00. The Kier molecular flexibility index (Phi) is 9.70. The van der Waals surface area contributed by atoms with Gasteiger partial charge in [-0.15, -0.1) is 0 Å². The number of aliphatic hydroxyl groups is 2. The second-order valence-electron chi connectivity index (χ2n) is 9.40. The molecule has 4 atom stereocenters. The molecule has 4 N–H and O–H groups in total. The van der Waals surface area contributed by atoms with Crippen molar-refractivity contribution in [2.24, 2.45) is 0 Å². The zero-order chi connectivity index (χ0) is 27.1. The number of likely N-dealkylation sites (N-methyl/N-ethyl adjacent to an activating group) is 1.